The molecule has 1 aromatic heterocycles. The number of amides is 1. The number of carbonyl (C=O) groups excluding carboxylic acids is 1. The van der Waals surface area contributed by atoms with Crippen molar-refractivity contribution in [2.45, 2.75) is 6.92 Å². The molecule has 4 rings (SSSR count). The molecule has 2 aromatic carbocycles. The minimum atomic E-state index is -0.588. The van der Waals surface area contributed by atoms with Crippen molar-refractivity contribution in [2.24, 2.45) is 0 Å². The molecule has 0 atom stereocenters. The molecule has 0 radical (unpaired) electrons. The van der Waals surface area contributed by atoms with Crippen molar-refractivity contribution in [3.05, 3.63) is 76.8 Å². The lowest BCUT2D eigenvalue weighted by atomic mass is 10.1. The monoisotopic (exact) mass is 434 g/mol. The Morgan fingerprint density at radius 2 is 1.76 bits per heavy atom. The standard InChI is InChI=1S/C21H20ClFN4O.ClH/c1-15-5-7-16(8-6-15)27-10-9-24-21(27)26-13-11-25(12-14-26)20(28)19-17(22)3-2-4-18(19)23;/h2-10H,11-14H2,1H3;1H. The number of anilines is 1. The van der Waals surface area contributed by atoms with Gasteiger partial charge in [0.15, 0.2) is 0 Å². The van der Waals surface area contributed by atoms with Crippen LogP contribution in [0.5, 0.6) is 0 Å². The first-order chi connectivity index (χ1) is 13.5. The van der Waals surface area contributed by atoms with Gasteiger partial charge in [-0.3, -0.25) is 9.36 Å². The number of imidazole rings is 1. The molecule has 2 heterocycles. The maximum Gasteiger partial charge on any atom is 0.258 e. The van der Waals surface area contributed by atoms with Gasteiger partial charge in [-0.2, -0.15) is 0 Å². The highest BCUT2D eigenvalue weighted by Crippen LogP contribution is 2.23. The van der Waals surface area contributed by atoms with Crippen molar-refractivity contribution in [1.29, 1.82) is 0 Å². The number of benzene rings is 2. The van der Waals surface area contributed by atoms with Gasteiger partial charge in [0.05, 0.1) is 10.6 Å². The van der Waals surface area contributed by atoms with E-state index in [0.29, 0.717) is 26.2 Å². The lowest BCUT2D eigenvalue weighted by Crippen LogP contribution is -2.49. The van der Waals surface area contributed by atoms with E-state index < -0.39 is 5.82 Å². The molecule has 5 nitrogen and oxygen atoms in total. The number of aryl methyl sites for hydroxylation is 1. The molecule has 152 valence electrons. The number of halogens is 3. The number of piperazine rings is 1. The fourth-order valence-corrected chi connectivity index (χ4v) is 3.65. The predicted molar refractivity (Wildman–Crippen MR) is 115 cm³/mol. The van der Waals surface area contributed by atoms with Gasteiger partial charge in [0, 0.05) is 44.3 Å². The molecule has 0 spiro atoms. The van der Waals surface area contributed by atoms with Crippen molar-refractivity contribution >= 4 is 35.9 Å². The smallest absolute Gasteiger partial charge is 0.258 e. The number of nitrogens with zero attached hydrogens (tertiary/aromatic N) is 4. The van der Waals surface area contributed by atoms with Crippen LogP contribution in [0.1, 0.15) is 15.9 Å². The molecule has 3 aromatic rings. The van der Waals surface area contributed by atoms with Crippen LogP contribution < -0.4 is 4.90 Å². The summed E-state index contributed by atoms with van der Waals surface area (Å²) in [7, 11) is 0. The van der Waals surface area contributed by atoms with Crippen molar-refractivity contribution in [1.82, 2.24) is 14.5 Å². The zero-order valence-corrected chi connectivity index (χ0v) is 17.5. The fraction of sp³-hybridized carbons (Fsp3) is 0.238. The van der Waals surface area contributed by atoms with Gasteiger partial charge in [-0.05, 0) is 31.2 Å². The van der Waals surface area contributed by atoms with E-state index in [1.54, 1.807) is 11.1 Å². The molecule has 0 unspecified atom stereocenters. The Morgan fingerprint density at radius 3 is 2.41 bits per heavy atom. The molecule has 1 saturated heterocycles. The summed E-state index contributed by atoms with van der Waals surface area (Å²) in [5.74, 6) is -0.126. The first-order valence-corrected chi connectivity index (χ1v) is 9.51. The van der Waals surface area contributed by atoms with Crippen LogP contribution in [0.4, 0.5) is 10.3 Å². The molecule has 0 bridgehead atoms. The van der Waals surface area contributed by atoms with E-state index in [0.717, 1.165) is 11.6 Å². The minimum Gasteiger partial charge on any atom is -0.338 e. The Balaban J connectivity index is 0.00000240. The molecule has 1 amide bonds. The highest BCUT2D eigenvalue weighted by molar-refractivity contribution is 6.33. The second kappa shape index (κ2) is 8.84. The summed E-state index contributed by atoms with van der Waals surface area (Å²) < 4.78 is 16.1. The predicted octanol–water partition coefficient (Wildman–Crippen LogP) is 4.36. The highest BCUT2D eigenvalue weighted by Gasteiger charge is 2.27. The maximum absolute atomic E-state index is 14.1. The van der Waals surface area contributed by atoms with Crippen LogP contribution in [0, 0.1) is 12.7 Å². The minimum absolute atomic E-state index is 0. The van der Waals surface area contributed by atoms with E-state index in [2.05, 4.69) is 41.1 Å². The second-order valence-corrected chi connectivity index (χ2v) is 7.22. The Kier molecular flexibility index (Phi) is 6.45. The summed E-state index contributed by atoms with van der Waals surface area (Å²) in [4.78, 5) is 21.0. The summed E-state index contributed by atoms with van der Waals surface area (Å²) in [5, 5.41) is 0.141. The summed E-state index contributed by atoms with van der Waals surface area (Å²) in [6, 6.07) is 12.5. The van der Waals surface area contributed by atoms with Crippen LogP contribution in [0.3, 0.4) is 0 Å². The maximum atomic E-state index is 14.1. The van der Waals surface area contributed by atoms with Crippen molar-refractivity contribution in [3.8, 4) is 5.69 Å². The zero-order chi connectivity index (χ0) is 19.7. The van der Waals surface area contributed by atoms with Crippen LogP contribution in [-0.4, -0.2) is 46.5 Å². The largest absolute Gasteiger partial charge is 0.338 e. The van der Waals surface area contributed by atoms with Gasteiger partial charge in [-0.25, -0.2) is 9.37 Å². The number of hydrogen-bond acceptors (Lipinski definition) is 3. The summed E-state index contributed by atoms with van der Waals surface area (Å²) in [6.07, 6.45) is 3.70. The lowest BCUT2D eigenvalue weighted by molar-refractivity contribution is 0.0741. The van der Waals surface area contributed by atoms with E-state index in [1.165, 1.54) is 23.8 Å². The van der Waals surface area contributed by atoms with Gasteiger partial charge in [0.2, 0.25) is 5.95 Å². The lowest BCUT2D eigenvalue weighted by Gasteiger charge is -2.35. The topological polar surface area (TPSA) is 41.4 Å². The van der Waals surface area contributed by atoms with Crippen LogP contribution in [0.25, 0.3) is 5.69 Å². The molecular formula is C21H21Cl2FN4O. The van der Waals surface area contributed by atoms with Gasteiger partial charge in [0.25, 0.3) is 5.91 Å². The number of hydrogen-bond donors (Lipinski definition) is 0. The average molecular weight is 435 g/mol. The Labute approximate surface area is 180 Å². The van der Waals surface area contributed by atoms with E-state index >= 15 is 0 Å². The average Bonchev–Trinajstić information content (AvgIpc) is 3.18. The molecule has 1 aliphatic heterocycles. The molecule has 29 heavy (non-hydrogen) atoms. The van der Waals surface area contributed by atoms with Gasteiger partial charge in [-0.15, -0.1) is 12.4 Å². The molecule has 1 aliphatic rings. The van der Waals surface area contributed by atoms with Gasteiger partial charge in [-0.1, -0.05) is 35.4 Å². The Bertz CT molecular complexity index is 978. The van der Waals surface area contributed by atoms with Crippen molar-refractivity contribution in [3.63, 3.8) is 0 Å². The van der Waals surface area contributed by atoms with Crippen LogP contribution in [0.15, 0.2) is 54.9 Å². The highest BCUT2D eigenvalue weighted by atomic mass is 35.5. The van der Waals surface area contributed by atoms with Gasteiger partial charge in [0.1, 0.15) is 5.82 Å². The second-order valence-electron chi connectivity index (χ2n) is 6.81. The quantitative estimate of drug-likeness (QED) is 0.614. The normalized spacial score (nSPS) is 13.9. The van der Waals surface area contributed by atoms with Crippen molar-refractivity contribution in [2.75, 3.05) is 31.1 Å². The summed E-state index contributed by atoms with van der Waals surface area (Å²) >= 11 is 6.04. The summed E-state index contributed by atoms with van der Waals surface area (Å²) in [6.45, 7) is 4.23. The molecule has 8 heteroatoms. The fourth-order valence-electron chi connectivity index (χ4n) is 3.41. The first-order valence-electron chi connectivity index (χ1n) is 9.13. The third-order valence-electron chi connectivity index (χ3n) is 4.96. The molecule has 0 saturated carbocycles. The van der Waals surface area contributed by atoms with E-state index in [1.807, 2.05) is 10.8 Å². The van der Waals surface area contributed by atoms with Crippen molar-refractivity contribution < 1.29 is 9.18 Å². The Morgan fingerprint density at radius 1 is 1.07 bits per heavy atom. The molecule has 0 N–H and O–H groups in total. The van der Waals surface area contributed by atoms with E-state index in [9.17, 15) is 9.18 Å². The Hall–Kier alpha value is -2.57. The summed E-state index contributed by atoms with van der Waals surface area (Å²) in [5.41, 5.74) is 2.18. The van der Waals surface area contributed by atoms with E-state index in [4.69, 9.17) is 11.6 Å². The van der Waals surface area contributed by atoms with Crippen LogP contribution in [0.2, 0.25) is 5.02 Å². The third kappa shape index (κ3) is 4.23. The van der Waals surface area contributed by atoms with Gasteiger partial charge >= 0.3 is 0 Å². The first kappa shape index (κ1) is 21.1. The SMILES string of the molecule is Cc1ccc(-n2ccnc2N2CCN(C(=O)c3c(F)cccc3Cl)CC2)cc1.Cl. The third-order valence-corrected chi connectivity index (χ3v) is 5.27. The molecular weight excluding hydrogens is 414 g/mol. The van der Waals surface area contributed by atoms with Crippen LogP contribution >= 0.6 is 24.0 Å². The zero-order valence-electron chi connectivity index (χ0n) is 15.9. The molecule has 0 aliphatic carbocycles. The number of aromatic nitrogens is 2. The van der Waals surface area contributed by atoms with Crippen LogP contribution in [-0.2, 0) is 0 Å². The van der Waals surface area contributed by atoms with Gasteiger partial charge < -0.3 is 9.80 Å². The molecule has 1 fully saturated rings. The number of rotatable bonds is 3. The number of carbonyl (C=O) groups is 1. The van der Waals surface area contributed by atoms with E-state index in [-0.39, 0.29) is 28.9 Å².